The number of aliphatic carboxylic acids is 3. The van der Waals surface area contributed by atoms with Gasteiger partial charge in [0.15, 0.2) is 0 Å². The fourth-order valence-corrected chi connectivity index (χ4v) is 2.86. The topological polar surface area (TPSA) is 112 Å². The Bertz CT molecular complexity index is 366. The zero-order valence-corrected chi connectivity index (χ0v) is 25.0. The van der Waals surface area contributed by atoms with E-state index < -0.39 is 17.9 Å². The Morgan fingerprint density at radius 3 is 0.806 bits per heavy atom. The normalized spacial score (nSPS) is 12.6. The van der Waals surface area contributed by atoms with Crippen LogP contribution in [0.3, 0.4) is 0 Å². The van der Waals surface area contributed by atoms with Gasteiger partial charge in [0.25, 0.3) is 0 Å². The first-order valence-corrected chi connectivity index (χ1v) is 11.8. The molecule has 2 radical (unpaired) electrons. The molecule has 0 aliphatic rings. The summed E-state index contributed by atoms with van der Waals surface area (Å²) in [6.07, 6.45) is 11.1. The van der Waals surface area contributed by atoms with E-state index in [1.54, 1.807) is 0 Å². The van der Waals surface area contributed by atoms with E-state index in [1.165, 1.54) is 0 Å². The number of carboxylic acid groups (broad SMARTS) is 3. The summed E-state index contributed by atoms with van der Waals surface area (Å²) in [5, 5.41) is 25.8. The third-order valence-electron chi connectivity index (χ3n) is 5.24. The first kappa shape index (κ1) is 37.5. The molecular formula is C24H50O6Sn. The molecule has 3 atom stereocenters. The van der Waals surface area contributed by atoms with Crippen molar-refractivity contribution in [3.8, 4) is 0 Å². The summed E-state index contributed by atoms with van der Waals surface area (Å²) in [5.74, 6) is -2.26. The molecule has 186 valence electrons. The van der Waals surface area contributed by atoms with E-state index in [0.717, 1.165) is 77.0 Å². The molecule has 0 rings (SSSR count). The standard InChI is InChI=1S/3C8H16O2.Sn.2H/c3*1-3-5-6-7(4-2)8(9)10;;;/h3*7H,3-6H2,1-2H3,(H,9,10);;;. The van der Waals surface area contributed by atoms with Gasteiger partial charge in [-0.25, -0.2) is 0 Å². The average Bonchev–Trinajstić information content (AvgIpc) is 2.70. The summed E-state index contributed by atoms with van der Waals surface area (Å²) in [4.78, 5) is 31.3. The number of unbranched alkanes of at least 4 members (excludes halogenated alkanes) is 3. The molecule has 3 N–H and O–H groups in total. The number of hydrogen-bond donors (Lipinski definition) is 3. The van der Waals surface area contributed by atoms with Crippen molar-refractivity contribution >= 4 is 41.8 Å². The summed E-state index contributed by atoms with van der Waals surface area (Å²) in [6.45, 7) is 12.0. The second-order valence-electron chi connectivity index (χ2n) is 7.76. The number of carbonyl (C=O) groups is 3. The van der Waals surface area contributed by atoms with Crippen LogP contribution in [0.25, 0.3) is 0 Å². The van der Waals surface area contributed by atoms with E-state index in [4.69, 9.17) is 15.3 Å². The Morgan fingerprint density at radius 2 is 0.710 bits per heavy atom. The van der Waals surface area contributed by atoms with Gasteiger partial charge in [-0.05, 0) is 38.5 Å². The quantitative estimate of drug-likeness (QED) is 0.216. The van der Waals surface area contributed by atoms with E-state index >= 15 is 0 Å². The maximum absolute atomic E-state index is 10.4. The molecule has 0 fully saturated rings. The molecule has 0 aliphatic carbocycles. The van der Waals surface area contributed by atoms with Crippen LogP contribution in [0.4, 0.5) is 0 Å². The minimum atomic E-state index is -0.643. The van der Waals surface area contributed by atoms with Crippen LogP contribution in [0.1, 0.15) is 119 Å². The van der Waals surface area contributed by atoms with Crippen LogP contribution in [-0.4, -0.2) is 57.1 Å². The predicted octanol–water partition coefficient (Wildman–Crippen LogP) is 5.95. The van der Waals surface area contributed by atoms with Gasteiger partial charge in [0.05, 0.1) is 17.8 Å². The van der Waals surface area contributed by atoms with E-state index in [2.05, 4.69) is 20.8 Å². The molecule has 0 saturated carbocycles. The van der Waals surface area contributed by atoms with Gasteiger partial charge in [-0.1, -0.05) is 80.1 Å². The zero-order valence-electron chi connectivity index (χ0n) is 21.0. The van der Waals surface area contributed by atoms with Crippen LogP contribution in [0.15, 0.2) is 0 Å². The van der Waals surface area contributed by atoms with Crippen molar-refractivity contribution in [1.29, 1.82) is 0 Å². The Kier molecular flexibility index (Phi) is 33.0. The van der Waals surface area contributed by atoms with Crippen molar-refractivity contribution in [3.63, 3.8) is 0 Å². The summed E-state index contributed by atoms with van der Waals surface area (Å²) >= 11 is 0. The fourth-order valence-electron chi connectivity index (χ4n) is 2.86. The Labute approximate surface area is 207 Å². The molecule has 0 aromatic carbocycles. The molecule has 0 spiro atoms. The van der Waals surface area contributed by atoms with Gasteiger partial charge in [-0.15, -0.1) is 0 Å². The zero-order chi connectivity index (χ0) is 23.9. The van der Waals surface area contributed by atoms with Gasteiger partial charge < -0.3 is 15.3 Å². The molecule has 0 heterocycles. The van der Waals surface area contributed by atoms with Crippen LogP contribution in [-0.2, 0) is 14.4 Å². The van der Waals surface area contributed by atoms with Crippen molar-refractivity contribution in [2.24, 2.45) is 17.8 Å². The molecule has 31 heavy (non-hydrogen) atoms. The van der Waals surface area contributed by atoms with Crippen LogP contribution >= 0.6 is 0 Å². The molecule has 0 bridgehead atoms. The molecule has 0 aromatic heterocycles. The molecule has 3 unspecified atom stereocenters. The van der Waals surface area contributed by atoms with Gasteiger partial charge in [-0.2, -0.15) is 0 Å². The SMILES string of the molecule is CCCCC(CC)C(=O)O.CCCCC(CC)C(=O)O.CCCCC(CC)C(=O)O.[SnH2]. The Hall–Kier alpha value is -0.791. The van der Waals surface area contributed by atoms with Crippen molar-refractivity contribution < 1.29 is 29.7 Å². The van der Waals surface area contributed by atoms with Crippen LogP contribution < -0.4 is 0 Å². The fraction of sp³-hybridized carbons (Fsp3) is 0.875. The first-order chi connectivity index (χ1) is 14.2. The van der Waals surface area contributed by atoms with E-state index in [1.807, 2.05) is 20.8 Å². The summed E-state index contributed by atoms with van der Waals surface area (Å²) < 4.78 is 0. The van der Waals surface area contributed by atoms with Crippen molar-refractivity contribution in [2.45, 2.75) is 119 Å². The average molecular weight is 553 g/mol. The molecule has 7 heteroatoms. The van der Waals surface area contributed by atoms with Gasteiger partial charge in [0.1, 0.15) is 0 Å². The second-order valence-corrected chi connectivity index (χ2v) is 7.76. The predicted molar refractivity (Wildman–Crippen MR) is 131 cm³/mol. The molecule has 0 aliphatic heterocycles. The molecular weight excluding hydrogens is 503 g/mol. The first-order valence-electron chi connectivity index (χ1n) is 11.8. The van der Waals surface area contributed by atoms with Crippen LogP contribution in [0.2, 0.25) is 0 Å². The van der Waals surface area contributed by atoms with Gasteiger partial charge in [0, 0.05) is 0 Å². The summed E-state index contributed by atoms with van der Waals surface area (Å²) in [6, 6.07) is 0. The molecule has 0 aromatic rings. The molecule has 0 saturated heterocycles. The van der Waals surface area contributed by atoms with E-state index in [0.29, 0.717) is 0 Å². The monoisotopic (exact) mass is 554 g/mol. The Morgan fingerprint density at radius 1 is 0.516 bits per heavy atom. The van der Waals surface area contributed by atoms with Crippen LogP contribution in [0.5, 0.6) is 0 Å². The van der Waals surface area contributed by atoms with Crippen molar-refractivity contribution in [3.05, 3.63) is 0 Å². The third kappa shape index (κ3) is 25.3. The third-order valence-corrected chi connectivity index (χ3v) is 5.24. The van der Waals surface area contributed by atoms with Crippen molar-refractivity contribution in [1.82, 2.24) is 0 Å². The van der Waals surface area contributed by atoms with Gasteiger partial charge in [0.2, 0.25) is 0 Å². The van der Waals surface area contributed by atoms with E-state index in [9.17, 15) is 14.4 Å². The molecule has 6 nitrogen and oxygen atoms in total. The Balaban J connectivity index is -0.000000174. The molecule has 0 amide bonds. The van der Waals surface area contributed by atoms with Gasteiger partial charge in [-0.3, -0.25) is 14.4 Å². The number of carboxylic acids is 3. The van der Waals surface area contributed by atoms with Gasteiger partial charge >= 0.3 is 41.8 Å². The van der Waals surface area contributed by atoms with Crippen molar-refractivity contribution in [2.75, 3.05) is 0 Å². The number of hydrogen-bond acceptors (Lipinski definition) is 3. The minimum absolute atomic E-state index is 0. The number of rotatable bonds is 15. The van der Waals surface area contributed by atoms with Crippen LogP contribution in [0, 0.1) is 17.8 Å². The summed E-state index contributed by atoms with van der Waals surface area (Å²) in [7, 11) is 0. The summed E-state index contributed by atoms with van der Waals surface area (Å²) in [5.41, 5.74) is 0. The van der Waals surface area contributed by atoms with E-state index in [-0.39, 0.29) is 41.7 Å². The maximum atomic E-state index is 10.4. The second kappa shape index (κ2) is 27.2.